The highest BCUT2D eigenvalue weighted by molar-refractivity contribution is 6.00. The van der Waals surface area contributed by atoms with Crippen LogP contribution in [0.1, 0.15) is 12.2 Å². The van der Waals surface area contributed by atoms with Crippen molar-refractivity contribution in [1.29, 1.82) is 0 Å². The Morgan fingerprint density at radius 3 is 2.37 bits per heavy atom. The lowest BCUT2D eigenvalue weighted by Gasteiger charge is -2.35. The van der Waals surface area contributed by atoms with Gasteiger partial charge in [-0.15, -0.1) is 5.10 Å². The van der Waals surface area contributed by atoms with Gasteiger partial charge in [0.2, 0.25) is 11.8 Å². The van der Waals surface area contributed by atoms with Crippen molar-refractivity contribution in [2.75, 3.05) is 37.6 Å². The molecule has 1 aromatic heterocycles. The molecule has 1 atom stereocenters. The Kier molecular flexibility index (Phi) is 6.20. The number of nitrogens with zero attached hydrogens (tertiary/aromatic N) is 7. The van der Waals surface area contributed by atoms with Crippen molar-refractivity contribution < 1.29 is 22.8 Å². The van der Waals surface area contributed by atoms with Crippen LogP contribution in [0.4, 0.5) is 18.9 Å². The van der Waals surface area contributed by atoms with Crippen LogP contribution in [-0.2, 0) is 16.1 Å². The lowest BCUT2D eigenvalue weighted by molar-refractivity contribution is -0.137. The molecule has 2 aliphatic rings. The summed E-state index contributed by atoms with van der Waals surface area (Å²) in [7, 11) is 0. The van der Waals surface area contributed by atoms with E-state index in [4.69, 9.17) is 0 Å². The first-order valence-electron chi connectivity index (χ1n) is 11.2. The van der Waals surface area contributed by atoms with Crippen molar-refractivity contribution in [3.05, 3.63) is 65.7 Å². The van der Waals surface area contributed by atoms with Crippen LogP contribution in [0.15, 0.2) is 42.5 Å². The number of carbonyl (C=O) groups is 2. The van der Waals surface area contributed by atoms with Gasteiger partial charge in [-0.3, -0.25) is 14.5 Å². The van der Waals surface area contributed by atoms with Crippen molar-refractivity contribution >= 4 is 17.5 Å². The number of halogens is 3. The molecule has 12 heteroatoms. The SMILES string of the molecule is O=C(C1CC(=O)N(c2ccc(F)cc2)C1)N1CCN(Cc2nnnn2-c2ccc(F)c(F)c2)CC1. The van der Waals surface area contributed by atoms with Crippen molar-refractivity contribution in [2.45, 2.75) is 13.0 Å². The van der Waals surface area contributed by atoms with Gasteiger partial charge in [0.1, 0.15) is 5.82 Å². The lowest BCUT2D eigenvalue weighted by Crippen LogP contribution is -2.50. The number of hydrogen-bond donors (Lipinski definition) is 0. The number of benzene rings is 2. The van der Waals surface area contributed by atoms with E-state index in [-0.39, 0.29) is 30.6 Å². The number of carbonyl (C=O) groups excluding carboxylic acids is 2. The molecule has 1 unspecified atom stereocenters. The third kappa shape index (κ3) is 4.74. The summed E-state index contributed by atoms with van der Waals surface area (Å²) in [6.45, 7) is 2.73. The number of anilines is 1. The standard InChI is InChI=1S/C23H22F3N7O2/c24-16-1-3-17(4-2-16)32-13-15(11-22(32)34)23(35)31-9-7-30(8-10-31)14-21-27-28-29-33(21)18-5-6-19(25)20(26)12-18/h1-6,12,15H,7-11,13-14H2. The van der Waals surface area contributed by atoms with Crippen LogP contribution < -0.4 is 4.90 Å². The fraction of sp³-hybridized carbons (Fsp3) is 0.348. The first-order chi connectivity index (χ1) is 16.9. The van der Waals surface area contributed by atoms with E-state index in [9.17, 15) is 22.8 Å². The zero-order valence-electron chi connectivity index (χ0n) is 18.6. The Hall–Kier alpha value is -3.80. The Balaban J connectivity index is 1.17. The molecule has 0 radical (unpaired) electrons. The average molecular weight is 485 g/mol. The Morgan fingerprint density at radius 2 is 1.66 bits per heavy atom. The molecule has 3 heterocycles. The van der Waals surface area contributed by atoms with E-state index in [0.717, 1.165) is 12.1 Å². The van der Waals surface area contributed by atoms with Crippen LogP contribution in [0.5, 0.6) is 0 Å². The van der Waals surface area contributed by atoms with Crippen molar-refractivity contribution in [3.8, 4) is 5.69 Å². The maximum absolute atomic E-state index is 13.6. The fourth-order valence-corrected chi connectivity index (χ4v) is 4.45. The van der Waals surface area contributed by atoms with Gasteiger partial charge in [0, 0.05) is 50.9 Å². The van der Waals surface area contributed by atoms with Gasteiger partial charge in [0.15, 0.2) is 17.5 Å². The maximum atomic E-state index is 13.6. The second kappa shape index (κ2) is 9.45. The number of hydrogen-bond acceptors (Lipinski definition) is 6. The van der Waals surface area contributed by atoms with E-state index in [0.29, 0.717) is 49.9 Å². The molecule has 5 rings (SSSR count). The minimum atomic E-state index is -0.987. The normalized spacial score (nSPS) is 18.9. The van der Waals surface area contributed by atoms with Crippen LogP contribution in [0.2, 0.25) is 0 Å². The summed E-state index contributed by atoms with van der Waals surface area (Å²) < 4.78 is 41.4. The van der Waals surface area contributed by atoms with Crippen molar-refractivity contribution in [1.82, 2.24) is 30.0 Å². The van der Waals surface area contributed by atoms with E-state index in [1.54, 1.807) is 4.90 Å². The smallest absolute Gasteiger partial charge is 0.228 e. The minimum absolute atomic E-state index is 0.0748. The van der Waals surface area contributed by atoms with Crippen LogP contribution in [0.3, 0.4) is 0 Å². The average Bonchev–Trinajstić information content (AvgIpc) is 3.48. The molecule has 0 bridgehead atoms. The van der Waals surface area contributed by atoms with Crippen LogP contribution in [0.25, 0.3) is 5.69 Å². The molecule has 3 aromatic rings. The quantitative estimate of drug-likeness (QED) is 0.548. The molecule has 0 spiro atoms. The summed E-state index contributed by atoms with van der Waals surface area (Å²) in [4.78, 5) is 30.9. The molecule has 0 aliphatic carbocycles. The highest BCUT2D eigenvalue weighted by atomic mass is 19.2. The molecule has 0 saturated carbocycles. The molecule has 35 heavy (non-hydrogen) atoms. The molecule has 2 fully saturated rings. The van der Waals surface area contributed by atoms with Gasteiger partial charge < -0.3 is 9.80 Å². The summed E-state index contributed by atoms with van der Waals surface area (Å²) in [5, 5.41) is 11.5. The third-order valence-corrected chi connectivity index (χ3v) is 6.34. The number of piperazine rings is 1. The third-order valence-electron chi connectivity index (χ3n) is 6.34. The first kappa shape index (κ1) is 23.0. The van der Waals surface area contributed by atoms with Gasteiger partial charge in [0.05, 0.1) is 18.2 Å². The van der Waals surface area contributed by atoms with Gasteiger partial charge in [-0.1, -0.05) is 0 Å². The lowest BCUT2D eigenvalue weighted by atomic mass is 10.1. The number of amides is 2. The molecule has 0 N–H and O–H groups in total. The van der Waals surface area contributed by atoms with E-state index in [1.807, 2.05) is 0 Å². The Labute approximate surface area is 198 Å². The zero-order chi connectivity index (χ0) is 24.5. The van der Waals surface area contributed by atoms with Gasteiger partial charge in [0.25, 0.3) is 0 Å². The first-order valence-corrected chi connectivity index (χ1v) is 11.2. The van der Waals surface area contributed by atoms with Crippen LogP contribution in [-0.4, -0.2) is 74.5 Å². The van der Waals surface area contributed by atoms with E-state index >= 15 is 0 Å². The van der Waals surface area contributed by atoms with E-state index < -0.39 is 17.6 Å². The monoisotopic (exact) mass is 485 g/mol. The molecule has 182 valence electrons. The predicted octanol–water partition coefficient (Wildman–Crippen LogP) is 1.78. The van der Waals surface area contributed by atoms with Gasteiger partial charge >= 0.3 is 0 Å². The van der Waals surface area contributed by atoms with E-state index in [1.165, 1.54) is 39.9 Å². The summed E-state index contributed by atoms with van der Waals surface area (Å²) in [6.07, 6.45) is 0.124. The summed E-state index contributed by atoms with van der Waals surface area (Å²) in [5.74, 6) is -2.53. The van der Waals surface area contributed by atoms with Gasteiger partial charge in [-0.25, -0.2) is 13.2 Å². The predicted molar refractivity (Wildman–Crippen MR) is 118 cm³/mol. The summed E-state index contributed by atoms with van der Waals surface area (Å²) in [6, 6.07) is 9.10. The van der Waals surface area contributed by atoms with Gasteiger partial charge in [-0.2, -0.15) is 4.68 Å². The maximum Gasteiger partial charge on any atom is 0.228 e. The van der Waals surface area contributed by atoms with Crippen molar-refractivity contribution in [2.24, 2.45) is 5.92 Å². The Bertz CT molecular complexity index is 1240. The zero-order valence-corrected chi connectivity index (χ0v) is 18.6. The summed E-state index contributed by atoms with van der Waals surface area (Å²) >= 11 is 0. The molecule has 9 nitrogen and oxygen atoms in total. The molecular formula is C23H22F3N7O2. The van der Waals surface area contributed by atoms with Gasteiger partial charge in [-0.05, 0) is 46.8 Å². The largest absolute Gasteiger partial charge is 0.340 e. The van der Waals surface area contributed by atoms with Crippen LogP contribution >= 0.6 is 0 Å². The summed E-state index contributed by atoms with van der Waals surface area (Å²) in [5.41, 5.74) is 0.893. The van der Waals surface area contributed by atoms with E-state index in [2.05, 4.69) is 20.4 Å². The molecule has 2 aromatic carbocycles. The number of rotatable bonds is 5. The topological polar surface area (TPSA) is 87.5 Å². The second-order valence-electron chi connectivity index (χ2n) is 8.59. The second-order valence-corrected chi connectivity index (χ2v) is 8.59. The highest BCUT2D eigenvalue weighted by Gasteiger charge is 2.38. The van der Waals surface area contributed by atoms with Crippen LogP contribution in [0, 0.1) is 23.4 Å². The fourth-order valence-electron chi connectivity index (χ4n) is 4.45. The number of tetrazole rings is 1. The highest BCUT2D eigenvalue weighted by Crippen LogP contribution is 2.27. The van der Waals surface area contributed by atoms with Crippen molar-refractivity contribution in [3.63, 3.8) is 0 Å². The molecular weight excluding hydrogens is 463 g/mol. The molecule has 2 aliphatic heterocycles. The number of aromatic nitrogens is 4. The Morgan fingerprint density at radius 1 is 0.943 bits per heavy atom. The minimum Gasteiger partial charge on any atom is -0.340 e. The molecule has 2 saturated heterocycles. The molecule has 2 amide bonds.